The Labute approximate surface area is 94.0 Å². The lowest BCUT2D eigenvalue weighted by molar-refractivity contribution is 0.592. The van der Waals surface area contributed by atoms with Crippen LogP contribution in [0.5, 0.6) is 0 Å². The number of halogens is 1. The van der Waals surface area contributed by atoms with Crippen LogP contribution >= 0.6 is 11.6 Å². The first-order chi connectivity index (χ1) is 6.46. The van der Waals surface area contributed by atoms with E-state index in [4.69, 9.17) is 11.6 Å². The molecule has 0 saturated heterocycles. The summed E-state index contributed by atoms with van der Waals surface area (Å²) >= 11 is 6.57. The molecule has 0 amide bonds. The highest BCUT2D eigenvalue weighted by molar-refractivity contribution is 6.35. The summed E-state index contributed by atoms with van der Waals surface area (Å²) in [5.41, 5.74) is 1.10. The zero-order valence-corrected chi connectivity index (χ0v) is 11.0. The minimum atomic E-state index is -0.194. The van der Waals surface area contributed by atoms with Crippen LogP contribution in [0.3, 0.4) is 0 Å². The average Bonchev–Trinajstić information content (AvgIpc) is 2.13. The topological polar surface area (TPSA) is 12.4 Å². The van der Waals surface area contributed by atoms with E-state index in [1.807, 2.05) is 0 Å². The average molecular weight is 218 g/mol. The molecule has 0 saturated carbocycles. The van der Waals surface area contributed by atoms with Crippen LogP contribution in [0.15, 0.2) is 4.99 Å². The third-order valence-electron chi connectivity index (χ3n) is 2.59. The highest BCUT2D eigenvalue weighted by Crippen LogP contribution is 2.28. The molecule has 0 aromatic carbocycles. The smallest absolute Gasteiger partial charge is 0.0817 e. The summed E-state index contributed by atoms with van der Waals surface area (Å²) in [6.45, 7) is 10.6. The summed E-state index contributed by atoms with van der Waals surface area (Å²) < 4.78 is 0. The summed E-state index contributed by atoms with van der Waals surface area (Å²) in [6, 6.07) is 0.348. The van der Waals surface area contributed by atoms with Crippen LogP contribution in [-0.4, -0.2) is 16.6 Å². The number of alkyl halides is 1. The molecule has 1 nitrogen and oxygen atoms in total. The molecule has 1 atom stereocenters. The molecular formula is C12H24ClN. The first-order valence-corrected chi connectivity index (χ1v) is 6.07. The Morgan fingerprint density at radius 3 is 2.29 bits per heavy atom. The highest BCUT2D eigenvalue weighted by Gasteiger charge is 2.27. The van der Waals surface area contributed by atoms with E-state index in [0.29, 0.717) is 6.04 Å². The Balaban J connectivity index is 4.49. The first-order valence-electron chi connectivity index (χ1n) is 5.70. The van der Waals surface area contributed by atoms with Gasteiger partial charge in [-0.1, -0.05) is 26.7 Å². The Bertz CT molecular complexity index is 187. The molecule has 0 spiro atoms. The molecule has 1 unspecified atom stereocenters. The number of aliphatic imine (C=N–C) groups is 1. The van der Waals surface area contributed by atoms with Crippen molar-refractivity contribution in [3.05, 3.63) is 0 Å². The van der Waals surface area contributed by atoms with Gasteiger partial charge in [-0.2, -0.15) is 0 Å². The van der Waals surface area contributed by atoms with E-state index in [2.05, 4.69) is 39.6 Å². The van der Waals surface area contributed by atoms with Gasteiger partial charge in [-0.25, -0.2) is 0 Å². The van der Waals surface area contributed by atoms with Crippen LogP contribution in [0.2, 0.25) is 0 Å². The predicted molar refractivity (Wildman–Crippen MR) is 66.6 cm³/mol. The molecule has 0 aliphatic rings. The van der Waals surface area contributed by atoms with Gasteiger partial charge in [-0.3, -0.25) is 4.99 Å². The molecule has 0 aliphatic heterocycles. The van der Waals surface area contributed by atoms with E-state index in [1.165, 1.54) is 12.8 Å². The summed E-state index contributed by atoms with van der Waals surface area (Å²) in [4.78, 5) is 4.36. The lowest BCUT2D eigenvalue weighted by atomic mass is 9.93. The molecular weight excluding hydrogens is 194 g/mol. The van der Waals surface area contributed by atoms with Crippen LogP contribution in [0.4, 0.5) is 0 Å². The summed E-state index contributed by atoms with van der Waals surface area (Å²) in [7, 11) is 0. The molecule has 0 radical (unpaired) electrons. The van der Waals surface area contributed by atoms with Gasteiger partial charge in [-0.05, 0) is 33.6 Å². The van der Waals surface area contributed by atoms with Gasteiger partial charge in [-0.15, -0.1) is 11.6 Å². The van der Waals surface area contributed by atoms with Gasteiger partial charge in [0.05, 0.1) is 4.87 Å². The lowest BCUT2D eigenvalue weighted by Crippen LogP contribution is -2.30. The fraction of sp³-hybridized carbons (Fsp3) is 0.917. The van der Waals surface area contributed by atoms with E-state index in [9.17, 15) is 0 Å². The molecule has 14 heavy (non-hydrogen) atoms. The van der Waals surface area contributed by atoms with Gasteiger partial charge >= 0.3 is 0 Å². The van der Waals surface area contributed by atoms with E-state index >= 15 is 0 Å². The van der Waals surface area contributed by atoms with Crippen molar-refractivity contribution >= 4 is 17.3 Å². The maximum atomic E-state index is 6.57. The van der Waals surface area contributed by atoms with E-state index in [1.54, 1.807) is 0 Å². The first kappa shape index (κ1) is 14.0. The zero-order chi connectivity index (χ0) is 11.2. The zero-order valence-electron chi connectivity index (χ0n) is 10.2. The Morgan fingerprint density at radius 1 is 1.36 bits per heavy atom. The minimum absolute atomic E-state index is 0.194. The SMILES string of the molecule is CCCCC(Cl)(CC)C(C)=NC(C)C. The second kappa shape index (κ2) is 6.44. The van der Waals surface area contributed by atoms with Gasteiger partial charge in [0.2, 0.25) is 0 Å². The molecule has 0 bridgehead atoms. The monoisotopic (exact) mass is 217 g/mol. The van der Waals surface area contributed by atoms with Crippen LogP contribution in [0.1, 0.15) is 60.3 Å². The molecule has 0 heterocycles. The molecule has 0 fully saturated rings. The molecule has 0 aliphatic carbocycles. The number of unbranched alkanes of at least 4 members (excludes halogenated alkanes) is 1. The third kappa shape index (κ3) is 4.45. The van der Waals surface area contributed by atoms with Crippen LogP contribution in [0.25, 0.3) is 0 Å². The molecule has 2 heteroatoms. The highest BCUT2D eigenvalue weighted by atomic mass is 35.5. The summed E-state index contributed by atoms with van der Waals surface area (Å²) in [5.74, 6) is 0. The maximum absolute atomic E-state index is 6.57. The Hall–Kier alpha value is -0.0400. The lowest BCUT2D eigenvalue weighted by Gasteiger charge is -2.26. The van der Waals surface area contributed by atoms with Crippen molar-refractivity contribution < 1.29 is 0 Å². The predicted octanol–water partition coefficient (Wildman–Crippen LogP) is 4.43. The molecule has 0 rings (SSSR count). The van der Waals surface area contributed by atoms with Crippen molar-refractivity contribution in [1.82, 2.24) is 0 Å². The second-order valence-corrected chi connectivity index (χ2v) is 4.95. The number of rotatable bonds is 6. The largest absolute Gasteiger partial charge is 0.290 e. The van der Waals surface area contributed by atoms with Crippen molar-refractivity contribution in [3.8, 4) is 0 Å². The fourth-order valence-corrected chi connectivity index (χ4v) is 1.76. The number of nitrogens with zero attached hydrogens (tertiary/aromatic N) is 1. The standard InChI is InChI=1S/C12H24ClN/c1-6-8-9-12(13,7-2)11(5)14-10(3)4/h10H,6-9H2,1-5H3. The molecule has 0 aromatic rings. The Morgan fingerprint density at radius 2 is 1.93 bits per heavy atom. The van der Waals surface area contributed by atoms with Crippen molar-refractivity contribution in [2.24, 2.45) is 4.99 Å². The molecule has 84 valence electrons. The van der Waals surface area contributed by atoms with E-state index < -0.39 is 0 Å². The Kier molecular flexibility index (Phi) is 6.43. The van der Waals surface area contributed by atoms with Crippen LogP contribution in [0, 0.1) is 0 Å². The minimum Gasteiger partial charge on any atom is -0.290 e. The fourth-order valence-electron chi connectivity index (χ4n) is 1.57. The van der Waals surface area contributed by atoms with Crippen LogP contribution in [-0.2, 0) is 0 Å². The van der Waals surface area contributed by atoms with Crippen molar-refractivity contribution in [1.29, 1.82) is 0 Å². The van der Waals surface area contributed by atoms with Gasteiger partial charge < -0.3 is 0 Å². The number of hydrogen-bond donors (Lipinski definition) is 0. The molecule has 0 N–H and O–H groups in total. The van der Waals surface area contributed by atoms with Crippen molar-refractivity contribution in [3.63, 3.8) is 0 Å². The van der Waals surface area contributed by atoms with Gasteiger partial charge in [0.15, 0.2) is 0 Å². The van der Waals surface area contributed by atoms with Crippen molar-refractivity contribution in [2.75, 3.05) is 0 Å². The summed E-state index contributed by atoms with van der Waals surface area (Å²) in [5, 5.41) is 0. The quantitative estimate of drug-likeness (QED) is 0.461. The second-order valence-electron chi connectivity index (χ2n) is 4.23. The van der Waals surface area contributed by atoms with Crippen LogP contribution < -0.4 is 0 Å². The van der Waals surface area contributed by atoms with E-state index in [-0.39, 0.29) is 4.87 Å². The third-order valence-corrected chi connectivity index (χ3v) is 3.32. The summed E-state index contributed by atoms with van der Waals surface area (Å²) in [6.07, 6.45) is 4.39. The number of hydrogen-bond acceptors (Lipinski definition) is 1. The van der Waals surface area contributed by atoms with Gasteiger partial charge in [0.1, 0.15) is 0 Å². The van der Waals surface area contributed by atoms with Crippen molar-refractivity contribution in [2.45, 2.75) is 71.2 Å². The van der Waals surface area contributed by atoms with Gasteiger partial charge in [0.25, 0.3) is 0 Å². The van der Waals surface area contributed by atoms with E-state index in [0.717, 1.165) is 18.6 Å². The maximum Gasteiger partial charge on any atom is 0.0817 e. The normalized spacial score (nSPS) is 17.2. The molecule has 0 aromatic heterocycles. The van der Waals surface area contributed by atoms with Gasteiger partial charge in [0, 0.05) is 11.8 Å².